The molecule has 2 rings (SSSR count). The van der Waals surface area contributed by atoms with Crippen molar-refractivity contribution in [3.05, 3.63) is 71.8 Å². The number of nitrogens with one attached hydrogen (secondary N) is 1. The molecule has 3 unspecified atom stereocenters. The molecule has 0 aliphatic carbocycles. The van der Waals surface area contributed by atoms with Crippen LogP contribution >= 0.6 is 7.37 Å². The van der Waals surface area contributed by atoms with Gasteiger partial charge < -0.3 is 20.1 Å². The molecule has 0 spiro atoms. The Morgan fingerprint density at radius 1 is 1.03 bits per heavy atom. The Morgan fingerprint density at radius 2 is 1.57 bits per heavy atom. The van der Waals surface area contributed by atoms with Crippen molar-refractivity contribution in [3.63, 3.8) is 0 Å². The van der Waals surface area contributed by atoms with E-state index in [0.717, 1.165) is 5.56 Å². The summed E-state index contributed by atoms with van der Waals surface area (Å²) in [6.07, 6.45) is -1.28. The highest BCUT2D eigenvalue weighted by Gasteiger charge is 2.38. The summed E-state index contributed by atoms with van der Waals surface area (Å²) in [5.74, 6) is -3.58. The quantitative estimate of drug-likeness (QED) is 0.538. The first-order valence-electron chi connectivity index (χ1n) is 9.60. The van der Waals surface area contributed by atoms with E-state index in [1.807, 2.05) is 6.07 Å². The number of carboxylic acid groups (broad SMARTS) is 1. The van der Waals surface area contributed by atoms with Gasteiger partial charge in [-0.2, -0.15) is 0 Å². The Hall–Kier alpha value is -2.63. The molecule has 0 saturated carbocycles. The second-order valence-corrected chi connectivity index (χ2v) is 10.6. The lowest BCUT2D eigenvalue weighted by Gasteiger charge is -2.28. The van der Waals surface area contributed by atoms with Gasteiger partial charge in [0.25, 0.3) is 0 Å². The number of hydrogen-bond acceptors (Lipinski definition) is 4. The van der Waals surface area contributed by atoms with Crippen molar-refractivity contribution in [3.8, 4) is 0 Å². The number of carbonyl (C=O) groups is 2. The van der Waals surface area contributed by atoms with Crippen LogP contribution in [0.2, 0.25) is 0 Å². The molecule has 30 heavy (non-hydrogen) atoms. The lowest BCUT2D eigenvalue weighted by atomic mass is 10.0. The third-order valence-corrected chi connectivity index (χ3v) is 6.56. The molecule has 0 aliphatic heterocycles. The predicted octanol–water partition coefficient (Wildman–Crippen LogP) is 4.22. The van der Waals surface area contributed by atoms with E-state index in [-0.39, 0.29) is 6.42 Å². The Bertz CT molecular complexity index is 895. The molecule has 0 aromatic heterocycles. The van der Waals surface area contributed by atoms with Gasteiger partial charge in [0.2, 0.25) is 7.37 Å². The average Bonchev–Trinajstić information content (AvgIpc) is 2.65. The number of aliphatic carboxylic acids is 1. The van der Waals surface area contributed by atoms with Crippen LogP contribution in [0.5, 0.6) is 0 Å². The zero-order valence-corrected chi connectivity index (χ0v) is 18.2. The molecule has 0 heterocycles. The lowest BCUT2D eigenvalue weighted by Crippen LogP contribution is -2.41. The van der Waals surface area contributed by atoms with Crippen LogP contribution in [0.15, 0.2) is 60.7 Å². The predicted molar refractivity (Wildman–Crippen MR) is 115 cm³/mol. The van der Waals surface area contributed by atoms with E-state index in [9.17, 15) is 24.2 Å². The number of amides is 1. The largest absolute Gasteiger partial charge is 0.481 e. The Labute approximate surface area is 176 Å². The number of ether oxygens (including phenoxy) is 1. The zero-order chi connectivity index (χ0) is 22.4. The molecule has 0 aliphatic rings. The number of rotatable bonds is 8. The van der Waals surface area contributed by atoms with Crippen molar-refractivity contribution in [1.82, 2.24) is 5.32 Å². The van der Waals surface area contributed by atoms with Crippen molar-refractivity contribution >= 4 is 19.4 Å². The second-order valence-electron chi connectivity index (χ2n) is 8.09. The molecule has 3 atom stereocenters. The maximum absolute atomic E-state index is 13.3. The van der Waals surface area contributed by atoms with Crippen LogP contribution < -0.4 is 5.32 Å². The summed E-state index contributed by atoms with van der Waals surface area (Å²) in [4.78, 5) is 35.0. The molecular formula is C22H28NO6P. The van der Waals surface area contributed by atoms with Gasteiger partial charge in [-0.3, -0.25) is 9.36 Å². The van der Waals surface area contributed by atoms with E-state index < -0.39 is 42.9 Å². The number of carboxylic acids is 1. The van der Waals surface area contributed by atoms with Gasteiger partial charge in [-0.15, -0.1) is 0 Å². The van der Waals surface area contributed by atoms with Crippen molar-refractivity contribution in [2.45, 2.75) is 44.5 Å². The molecule has 8 heteroatoms. The molecule has 0 bridgehead atoms. The van der Waals surface area contributed by atoms with E-state index >= 15 is 0 Å². The number of benzene rings is 2. The fraction of sp³-hybridized carbons (Fsp3) is 0.364. The van der Waals surface area contributed by atoms with Gasteiger partial charge in [0.15, 0.2) is 0 Å². The van der Waals surface area contributed by atoms with Gasteiger partial charge in [0.05, 0.1) is 5.92 Å². The van der Waals surface area contributed by atoms with E-state index in [4.69, 9.17) is 4.74 Å². The summed E-state index contributed by atoms with van der Waals surface area (Å²) in [7, 11) is -4.16. The second kappa shape index (κ2) is 9.92. The van der Waals surface area contributed by atoms with E-state index in [2.05, 4.69) is 5.32 Å². The van der Waals surface area contributed by atoms with Gasteiger partial charge >= 0.3 is 12.1 Å². The van der Waals surface area contributed by atoms with Crippen molar-refractivity contribution in [2.75, 3.05) is 6.16 Å². The summed E-state index contributed by atoms with van der Waals surface area (Å²) >= 11 is 0. The topological polar surface area (TPSA) is 113 Å². The van der Waals surface area contributed by atoms with Gasteiger partial charge in [0, 0.05) is 12.6 Å². The Balaban J connectivity index is 2.30. The minimum absolute atomic E-state index is 0.0645. The molecule has 2 aromatic rings. The molecule has 0 fully saturated rings. The molecule has 162 valence electrons. The lowest BCUT2D eigenvalue weighted by molar-refractivity contribution is -0.138. The minimum Gasteiger partial charge on any atom is -0.481 e. The van der Waals surface area contributed by atoms with Crippen LogP contribution in [-0.4, -0.2) is 39.6 Å². The zero-order valence-electron chi connectivity index (χ0n) is 17.3. The summed E-state index contributed by atoms with van der Waals surface area (Å²) in [6.45, 7) is 5.06. The van der Waals surface area contributed by atoms with E-state index in [1.54, 1.807) is 75.4 Å². The highest BCUT2D eigenvalue weighted by Crippen LogP contribution is 2.50. The molecule has 1 amide bonds. The molecule has 0 radical (unpaired) electrons. The van der Waals surface area contributed by atoms with Gasteiger partial charge in [-0.05, 0) is 31.9 Å². The fourth-order valence-electron chi connectivity index (χ4n) is 2.98. The molecule has 0 saturated heterocycles. The van der Waals surface area contributed by atoms with Crippen LogP contribution in [0.1, 0.15) is 37.8 Å². The highest BCUT2D eigenvalue weighted by atomic mass is 31.2. The summed E-state index contributed by atoms with van der Waals surface area (Å²) < 4.78 is 18.6. The molecule has 3 N–H and O–H groups in total. The fourth-order valence-corrected chi connectivity index (χ4v) is 4.92. The molecule has 2 aromatic carbocycles. The van der Waals surface area contributed by atoms with Crippen LogP contribution in [0.4, 0.5) is 4.79 Å². The average molecular weight is 433 g/mol. The first kappa shape index (κ1) is 23.6. The third kappa shape index (κ3) is 7.32. The molecule has 7 nitrogen and oxygen atoms in total. The normalized spacial score (nSPS) is 15.5. The third-order valence-electron chi connectivity index (χ3n) is 4.39. The maximum Gasteiger partial charge on any atom is 0.408 e. The standard InChI is InChI=1S/C22H28NO6P/c1-22(2,3)29-21(26)23-19(14-16-10-6-4-7-11-16)30(27,28)15-18(20(24)25)17-12-8-5-9-13-17/h4-13,18-19H,14-15H2,1-3H3,(H,23,26)(H,24,25)(H,27,28). The SMILES string of the molecule is CC(C)(C)OC(=O)NC(Cc1ccccc1)P(=O)(O)CC(C(=O)O)c1ccccc1. The van der Waals surface area contributed by atoms with Gasteiger partial charge in [0.1, 0.15) is 11.4 Å². The minimum atomic E-state index is -4.16. The number of hydrogen-bond donors (Lipinski definition) is 3. The van der Waals surface area contributed by atoms with Crippen molar-refractivity contribution < 1.29 is 28.9 Å². The van der Waals surface area contributed by atoms with Crippen LogP contribution in [0.3, 0.4) is 0 Å². The Kier molecular flexibility index (Phi) is 7.82. The summed E-state index contributed by atoms with van der Waals surface area (Å²) in [5.41, 5.74) is 0.378. The smallest absolute Gasteiger partial charge is 0.408 e. The van der Waals surface area contributed by atoms with Gasteiger partial charge in [-0.25, -0.2) is 4.79 Å². The number of carbonyl (C=O) groups excluding carboxylic acids is 1. The molecular weight excluding hydrogens is 405 g/mol. The van der Waals surface area contributed by atoms with Gasteiger partial charge in [-0.1, -0.05) is 60.7 Å². The highest BCUT2D eigenvalue weighted by molar-refractivity contribution is 7.58. The van der Waals surface area contributed by atoms with E-state index in [0.29, 0.717) is 5.56 Å². The number of alkyl carbamates (subject to hydrolysis) is 1. The van der Waals surface area contributed by atoms with Crippen molar-refractivity contribution in [1.29, 1.82) is 0 Å². The summed E-state index contributed by atoms with van der Waals surface area (Å²) in [5, 5.41) is 12.1. The Morgan fingerprint density at radius 3 is 2.07 bits per heavy atom. The van der Waals surface area contributed by atoms with E-state index in [1.165, 1.54) is 0 Å². The van der Waals surface area contributed by atoms with Crippen LogP contribution in [-0.2, 0) is 20.5 Å². The van der Waals surface area contributed by atoms with Crippen LogP contribution in [0, 0.1) is 0 Å². The van der Waals surface area contributed by atoms with Crippen molar-refractivity contribution in [2.24, 2.45) is 0 Å². The summed E-state index contributed by atoms with van der Waals surface area (Å²) in [6, 6.07) is 17.2. The monoisotopic (exact) mass is 433 g/mol. The first-order chi connectivity index (χ1) is 14.0. The first-order valence-corrected chi connectivity index (χ1v) is 11.5. The maximum atomic E-state index is 13.3. The van der Waals surface area contributed by atoms with Crippen LogP contribution in [0.25, 0.3) is 0 Å².